The van der Waals surface area contributed by atoms with Crippen molar-refractivity contribution in [3.8, 4) is 0 Å². The normalized spacial score (nSPS) is 40.6. The summed E-state index contributed by atoms with van der Waals surface area (Å²) in [5.74, 6) is 1.19. The minimum atomic E-state index is -0.197. The van der Waals surface area contributed by atoms with Crippen LogP contribution < -0.4 is 5.73 Å². The average Bonchev–Trinajstić information content (AvgIpc) is 2.30. The van der Waals surface area contributed by atoms with Gasteiger partial charge in [0.15, 0.2) is 0 Å². The predicted octanol–water partition coefficient (Wildman–Crippen LogP) is -0.771. The monoisotopic (exact) mass is 144 g/mol. The second-order valence-electron chi connectivity index (χ2n) is 2.32. The number of nitrogens with zero attached hydrogens (tertiary/aromatic N) is 1. The van der Waals surface area contributed by atoms with Gasteiger partial charge in [0.25, 0.3) is 0 Å². The molecule has 2 rings (SSSR count). The first-order chi connectivity index (χ1) is 4.30. The van der Waals surface area contributed by atoms with Gasteiger partial charge in [0.1, 0.15) is 11.4 Å². The third-order valence-corrected chi connectivity index (χ3v) is 3.11. The Labute approximate surface area is 57.6 Å². The van der Waals surface area contributed by atoms with Crippen LogP contribution in [-0.2, 0) is 4.79 Å². The molecule has 1 amide bonds. The highest BCUT2D eigenvalue weighted by Gasteiger charge is 2.47. The quantitative estimate of drug-likeness (QED) is 0.454. The molecule has 0 spiro atoms. The lowest BCUT2D eigenvalue weighted by atomic mass is 10.1. The Morgan fingerprint density at radius 2 is 2.56 bits per heavy atom. The highest BCUT2D eigenvalue weighted by Crippen LogP contribution is 2.33. The Kier molecular flexibility index (Phi) is 1.01. The van der Waals surface area contributed by atoms with Gasteiger partial charge in [-0.05, 0) is 0 Å². The van der Waals surface area contributed by atoms with Crippen molar-refractivity contribution in [2.45, 2.75) is 11.4 Å². The van der Waals surface area contributed by atoms with Crippen LogP contribution >= 0.6 is 11.8 Å². The SMILES string of the molecule is N[C@@H]1C(=O)N2CCS[C@H]12. The van der Waals surface area contributed by atoms with E-state index in [1.807, 2.05) is 4.90 Å². The first kappa shape index (κ1) is 5.56. The predicted molar refractivity (Wildman–Crippen MR) is 35.9 cm³/mol. The average molecular weight is 144 g/mol. The van der Waals surface area contributed by atoms with Gasteiger partial charge in [0, 0.05) is 12.3 Å². The molecule has 4 heteroatoms. The molecular formula is C5H8N2OS. The topological polar surface area (TPSA) is 46.3 Å². The summed E-state index contributed by atoms with van der Waals surface area (Å²) in [5, 5.41) is 0.317. The smallest absolute Gasteiger partial charge is 0.243 e. The Bertz CT molecular complexity index is 161. The number of hydrogen-bond acceptors (Lipinski definition) is 3. The van der Waals surface area contributed by atoms with Crippen molar-refractivity contribution >= 4 is 17.7 Å². The van der Waals surface area contributed by atoms with Crippen LogP contribution in [-0.4, -0.2) is 34.5 Å². The van der Waals surface area contributed by atoms with Crippen molar-refractivity contribution in [3.05, 3.63) is 0 Å². The minimum Gasteiger partial charge on any atom is -0.326 e. The van der Waals surface area contributed by atoms with E-state index in [0.29, 0.717) is 5.37 Å². The van der Waals surface area contributed by atoms with Crippen molar-refractivity contribution < 1.29 is 4.79 Å². The van der Waals surface area contributed by atoms with Crippen molar-refractivity contribution in [1.29, 1.82) is 0 Å². The molecule has 2 fully saturated rings. The van der Waals surface area contributed by atoms with Gasteiger partial charge in [0.2, 0.25) is 5.91 Å². The van der Waals surface area contributed by atoms with Crippen molar-refractivity contribution in [2.75, 3.05) is 12.3 Å². The van der Waals surface area contributed by atoms with Crippen LogP contribution in [0.2, 0.25) is 0 Å². The zero-order chi connectivity index (χ0) is 6.43. The molecule has 2 N–H and O–H groups in total. The van der Waals surface area contributed by atoms with Gasteiger partial charge in [-0.3, -0.25) is 4.79 Å². The number of nitrogens with two attached hydrogens (primary N) is 1. The largest absolute Gasteiger partial charge is 0.326 e. The Morgan fingerprint density at radius 3 is 3.22 bits per heavy atom. The number of fused-ring (bicyclic) bond motifs is 1. The minimum absolute atomic E-state index is 0.130. The Morgan fingerprint density at radius 1 is 1.78 bits per heavy atom. The number of amides is 1. The lowest BCUT2D eigenvalue weighted by Gasteiger charge is -2.39. The van der Waals surface area contributed by atoms with E-state index in [4.69, 9.17) is 5.73 Å². The number of carbonyl (C=O) groups excluding carboxylic acids is 1. The zero-order valence-electron chi connectivity index (χ0n) is 4.91. The summed E-state index contributed by atoms with van der Waals surface area (Å²) in [6, 6.07) is -0.197. The molecular weight excluding hydrogens is 136 g/mol. The number of hydrogen-bond donors (Lipinski definition) is 1. The Hall–Kier alpha value is -0.220. The summed E-state index contributed by atoms with van der Waals surface area (Å²) in [6.45, 7) is 0.905. The van der Waals surface area contributed by atoms with Crippen LogP contribution in [0.25, 0.3) is 0 Å². The molecule has 0 bridgehead atoms. The van der Waals surface area contributed by atoms with Crippen molar-refractivity contribution in [3.63, 3.8) is 0 Å². The maximum absolute atomic E-state index is 10.8. The number of carbonyl (C=O) groups is 1. The summed E-state index contributed by atoms with van der Waals surface area (Å²) in [5.41, 5.74) is 5.50. The fourth-order valence-corrected chi connectivity index (χ4v) is 2.51. The van der Waals surface area contributed by atoms with E-state index in [9.17, 15) is 4.79 Å². The molecule has 9 heavy (non-hydrogen) atoms. The van der Waals surface area contributed by atoms with Gasteiger partial charge >= 0.3 is 0 Å². The van der Waals surface area contributed by atoms with Gasteiger partial charge in [-0.1, -0.05) is 0 Å². The van der Waals surface area contributed by atoms with E-state index in [2.05, 4.69) is 0 Å². The molecule has 2 heterocycles. The third kappa shape index (κ3) is 0.548. The van der Waals surface area contributed by atoms with Crippen LogP contribution in [0.3, 0.4) is 0 Å². The molecule has 3 nitrogen and oxygen atoms in total. The van der Waals surface area contributed by atoms with E-state index in [1.165, 1.54) is 0 Å². The first-order valence-corrected chi connectivity index (χ1v) is 4.03. The zero-order valence-corrected chi connectivity index (χ0v) is 5.73. The van der Waals surface area contributed by atoms with E-state index in [1.54, 1.807) is 11.8 Å². The molecule has 0 aromatic carbocycles. The molecule has 2 aliphatic rings. The van der Waals surface area contributed by atoms with Gasteiger partial charge < -0.3 is 10.6 Å². The molecule has 0 aromatic rings. The highest BCUT2D eigenvalue weighted by atomic mass is 32.2. The standard InChI is InChI=1S/C5H8N2OS/c6-3-4(8)7-1-2-9-5(3)7/h3,5H,1-2,6H2/t3-,5-/m1/s1. The van der Waals surface area contributed by atoms with E-state index < -0.39 is 0 Å². The van der Waals surface area contributed by atoms with Crippen LogP contribution in [0.1, 0.15) is 0 Å². The number of thioether (sulfide) groups is 1. The molecule has 0 unspecified atom stereocenters. The van der Waals surface area contributed by atoms with Crippen LogP contribution in [0.15, 0.2) is 0 Å². The maximum Gasteiger partial charge on any atom is 0.243 e. The van der Waals surface area contributed by atoms with Crippen LogP contribution in [0, 0.1) is 0 Å². The molecule has 0 saturated carbocycles. The van der Waals surface area contributed by atoms with Crippen molar-refractivity contribution in [1.82, 2.24) is 4.90 Å². The summed E-state index contributed by atoms with van der Waals surface area (Å²) in [4.78, 5) is 12.7. The molecule has 0 radical (unpaired) electrons. The molecule has 2 aliphatic heterocycles. The maximum atomic E-state index is 10.8. The van der Waals surface area contributed by atoms with Gasteiger partial charge in [0.05, 0.1) is 0 Å². The fourth-order valence-electron chi connectivity index (χ4n) is 1.25. The summed E-state index contributed by atoms with van der Waals surface area (Å²) in [7, 11) is 0. The molecule has 2 saturated heterocycles. The van der Waals surface area contributed by atoms with Gasteiger partial charge in [-0.2, -0.15) is 0 Å². The van der Waals surface area contributed by atoms with Gasteiger partial charge in [-0.15, -0.1) is 11.8 Å². The summed E-state index contributed by atoms with van der Waals surface area (Å²) in [6.07, 6.45) is 0. The van der Waals surface area contributed by atoms with Crippen molar-refractivity contribution in [2.24, 2.45) is 5.73 Å². The molecule has 50 valence electrons. The van der Waals surface area contributed by atoms with E-state index >= 15 is 0 Å². The molecule has 0 aliphatic carbocycles. The van der Waals surface area contributed by atoms with Crippen LogP contribution in [0.5, 0.6) is 0 Å². The number of β-lactam (4-membered cyclic amide) rings is 1. The summed E-state index contributed by atoms with van der Waals surface area (Å²) < 4.78 is 0. The lowest BCUT2D eigenvalue weighted by Crippen LogP contribution is -2.64. The highest BCUT2D eigenvalue weighted by molar-refractivity contribution is 8.00. The van der Waals surface area contributed by atoms with E-state index in [-0.39, 0.29) is 11.9 Å². The second kappa shape index (κ2) is 1.64. The third-order valence-electron chi connectivity index (χ3n) is 1.80. The molecule has 0 aromatic heterocycles. The van der Waals surface area contributed by atoms with E-state index in [0.717, 1.165) is 12.3 Å². The summed E-state index contributed by atoms with van der Waals surface area (Å²) >= 11 is 1.78. The molecule has 2 atom stereocenters. The Balaban J connectivity index is 2.14. The first-order valence-electron chi connectivity index (χ1n) is 2.98. The lowest BCUT2D eigenvalue weighted by molar-refractivity contribution is -0.142. The second-order valence-corrected chi connectivity index (χ2v) is 3.54. The fraction of sp³-hybridized carbons (Fsp3) is 0.800. The number of rotatable bonds is 0. The van der Waals surface area contributed by atoms with Crippen LogP contribution in [0.4, 0.5) is 0 Å². The van der Waals surface area contributed by atoms with Gasteiger partial charge in [-0.25, -0.2) is 0 Å².